The van der Waals surface area contributed by atoms with Crippen molar-refractivity contribution in [3.05, 3.63) is 0 Å². The van der Waals surface area contributed by atoms with Crippen LogP contribution in [0.5, 0.6) is 0 Å². The first-order chi connectivity index (χ1) is 6.73. The summed E-state index contributed by atoms with van der Waals surface area (Å²) < 4.78 is 0. The monoisotopic (exact) mass is 195 g/mol. The fourth-order valence-electron chi connectivity index (χ4n) is 2.85. The predicted octanol–water partition coefficient (Wildman–Crippen LogP) is 2.23. The molecule has 0 unspecified atom stereocenters. The van der Waals surface area contributed by atoms with Crippen LogP contribution in [0, 0.1) is 5.41 Å². The third kappa shape index (κ3) is 2.00. The van der Waals surface area contributed by atoms with E-state index in [0.29, 0.717) is 0 Å². The minimum absolute atomic E-state index is 0.00375. The molecule has 2 heteroatoms. The molecule has 1 heterocycles. The Kier molecular flexibility index (Phi) is 2.91. The van der Waals surface area contributed by atoms with Crippen LogP contribution in [0.4, 0.5) is 0 Å². The molecule has 80 valence electrons. The van der Waals surface area contributed by atoms with Crippen LogP contribution >= 0.6 is 0 Å². The van der Waals surface area contributed by atoms with Gasteiger partial charge >= 0.3 is 0 Å². The van der Waals surface area contributed by atoms with Crippen LogP contribution < -0.4 is 0 Å². The number of nitrogens with zero attached hydrogens (tertiary/aromatic N) is 1. The molecule has 2 aliphatic rings. The number of hydrogen-bond acceptors (Lipinski definition) is 2. The Labute approximate surface area is 86.7 Å². The maximum atomic E-state index is 10.9. The molecule has 0 amide bonds. The van der Waals surface area contributed by atoms with Crippen LogP contribution in [0.2, 0.25) is 0 Å². The van der Waals surface area contributed by atoms with Gasteiger partial charge in [0.05, 0.1) is 0 Å². The van der Waals surface area contributed by atoms with E-state index in [9.17, 15) is 4.79 Å². The van der Waals surface area contributed by atoms with E-state index in [4.69, 9.17) is 0 Å². The zero-order chi connectivity index (χ0) is 10.0. The van der Waals surface area contributed by atoms with Gasteiger partial charge in [0.15, 0.2) is 0 Å². The molecular weight excluding hydrogens is 174 g/mol. The summed E-state index contributed by atoms with van der Waals surface area (Å²) in [6.45, 7) is 4.70. The second-order valence-corrected chi connectivity index (χ2v) is 5.25. The van der Waals surface area contributed by atoms with E-state index in [1.807, 2.05) is 0 Å². The van der Waals surface area contributed by atoms with Gasteiger partial charge in [-0.15, -0.1) is 0 Å². The number of rotatable bonds is 2. The second kappa shape index (κ2) is 4.01. The summed E-state index contributed by atoms with van der Waals surface area (Å²) in [6, 6.07) is 0.783. The maximum absolute atomic E-state index is 10.9. The minimum Gasteiger partial charge on any atom is -0.303 e. The Morgan fingerprint density at radius 2 is 1.79 bits per heavy atom. The third-order valence-electron chi connectivity index (χ3n) is 4.04. The van der Waals surface area contributed by atoms with Gasteiger partial charge in [-0.1, -0.05) is 6.92 Å². The van der Waals surface area contributed by atoms with Gasteiger partial charge in [-0.2, -0.15) is 0 Å². The average molecular weight is 195 g/mol. The van der Waals surface area contributed by atoms with Crippen LogP contribution in [0.25, 0.3) is 0 Å². The Morgan fingerprint density at radius 3 is 2.29 bits per heavy atom. The van der Waals surface area contributed by atoms with Crippen molar-refractivity contribution in [1.29, 1.82) is 0 Å². The molecule has 0 aromatic rings. The Balaban J connectivity index is 1.86. The highest BCUT2D eigenvalue weighted by atomic mass is 16.1. The Morgan fingerprint density at radius 1 is 1.21 bits per heavy atom. The summed E-state index contributed by atoms with van der Waals surface area (Å²) in [5.74, 6) is 0. The molecule has 1 saturated heterocycles. The summed E-state index contributed by atoms with van der Waals surface area (Å²) in [6.07, 6.45) is 8.58. The average Bonchev–Trinajstić information content (AvgIpc) is 2.72. The molecule has 2 nitrogen and oxygen atoms in total. The fourth-order valence-corrected chi connectivity index (χ4v) is 2.85. The highest BCUT2D eigenvalue weighted by Gasteiger charge is 2.33. The van der Waals surface area contributed by atoms with Gasteiger partial charge in [0.2, 0.25) is 0 Å². The largest absolute Gasteiger partial charge is 0.303 e. The molecule has 1 saturated carbocycles. The maximum Gasteiger partial charge on any atom is 0.125 e. The van der Waals surface area contributed by atoms with Crippen molar-refractivity contribution in [3.8, 4) is 0 Å². The zero-order valence-electron chi connectivity index (χ0n) is 9.17. The highest BCUT2D eigenvalue weighted by molar-refractivity contribution is 5.58. The van der Waals surface area contributed by atoms with Gasteiger partial charge in [0, 0.05) is 11.5 Å². The lowest BCUT2D eigenvalue weighted by Crippen LogP contribution is -2.39. The summed E-state index contributed by atoms with van der Waals surface area (Å²) in [4.78, 5) is 13.5. The van der Waals surface area contributed by atoms with Crippen molar-refractivity contribution < 1.29 is 4.79 Å². The molecule has 0 atom stereocenters. The van der Waals surface area contributed by atoms with Gasteiger partial charge in [0.1, 0.15) is 6.29 Å². The van der Waals surface area contributed by atoms with E-state index < -0.39 is 0 Å². The van der Waals surface area contributed by atoms with E-state index in [-0.39, 0.29) is 5.41 Å². The molecule has 0 N–H and O–H groups in total. The third-order valence-corrected chi connectivity index (χ3v) is 4.04. The topological polar surface area (TPSA) is 20.3 Å². The molecule has 0 aromatic heterocycles. The predicted molar refractivity (Wildman–Crippen MR) is 57.2 cm³/mol. The fraction of sp³-hybridized carbons (Fsp3) is 0.917. The SMILES string of the molecule is CC1(C=O)CCC(N2CCCC2)CC1. The lowest BCUT2D eigenvalue weighted by Gasteiger charge is -2.37. The highest BCUT2D eigenvalue weighted by Crippen LogP contribution is 2.36. The molecule has 0 radical (unpaired) electrons. The molecule has 2 rings (SSSR count). The molecule has 0 aromatic carbocycles. The molecule has 14 heavy (non-hydrogen) atoms. The zero-order valence-corrected chi connectivity index (χ0v) is 9.17. The summed E-state index contributed by atoms with van der Waals surface area (Å²) >= 11 is 0. The number of carbonyl (C=O) groups is 1. The lowest BCUT2D eigenvalue weighted by molar-refractivity contribution is -0.117. The van der Waals surface area contributed by atoms with Crippen LogP contribution in [0.15, 0.2) is 0 Å². The van der Waals surface area contributed by atoms with Gasteiger partial charge in [-0.3, -0.25) is 0 Å². The van der Waals surface area contributed by atoms with Gasteiger partial charge < -0.3 is 9.69 Å². The van der Waals surface area contributed by atoms with Gasteiger partial charge in [-0.25, -0.2) is 0 Å². The first kappa shape index (κ1) is 10.2. The molecule has 2 fully saturated rings. The number of aldehydes is 1. The van der Waals surface area contributed by atoms with Crippen LogP contribution in [-0.2, 0) is 4.79 Å². The quantitative estimate of drug-likeness (QED) is 0.630. The van der Waals surface area contributed by atoms with Crippen molar-refractivity contribution in [2.24, 2.45) is 5.41 Å². The normalized spacial score (nSPS) is 39.9. The molecule has 1 aliphatic carbocycles. The lowest BCUT2D eigenvalue weighted by atomic mass is 9.75. The second-order valence-electron chi connectivity index (χ2n) is 5.25. The molecule has 0 spiro atoms. The minimum atomic E-state index is -0.00375. The van der Waals surface area contributed by atoms with E-state index in [1.165, 1.54) is 45.1 Å². The number of hydrogen-bond donors (Lipinski definition) is 0. The first-order valence-corrected chi connectivity index (χ1v) is 5.94. The van der Waals surface area contributed by atoms with Crippen LogP contribution in [0.3, 0.4) is 0 Å². The smallest absolute Gasteiger partial charge is 0.125 e. The first-order valence-electron chi connectivity index (χ1n) is 5.94. The van der Waals surface area contributed by atoms with Crippen LogP contribution in [0.1, 0.15) is 45.4 Å². The molecular formula is C12H21NO. The van der Waals surface area contributed by atoms with E-state index in [0.717, 1.165) is 18.9 Å². The van der Waals surface area contributed by atoms with E-state index >= 15 is 0 Å². The summed E-state index contributed by atoms with van der Waals surface area (Å²) in [7, 11) is 0. The summed E-state index contributed by atoms with van der Waals surface area (Å²) in [5.41, 5.74) is -0.00375. The standard InChI is InChI=1S/C12H21NO/c1-12(10-14)6-4-11(5-7-12)13-8-2-3-9-13/h10-11H,2-9H2,1H3. The van der Waals surface area contributed by atoms with E-state index in [2.05, 4.69) is 11.8 Å². The van der Waals surface area contributed by atoms with Crippen molar-refractivity contribution in [2.75, 3.05) is 13.1 Å². The number of carbonyl (C=O) groups excluding carboxylic acids is 1. The molecule has 1 aliphatic heterocycles. The Bertz CT molecular complexity index is 200. The summed E-state index contributed by atoms with van der Waals surface area (Å²) in [5, 5.41) is 0. The van der Waals surface area contributed by atoms with E-state index in [1.54, 1.807) is 0 Å². The van der Waals surface area contributed by atoms with Crippen molar-refractivity contribution in [1.82, 2.24) is 4.90 Å². The van der Waals surface area contributed by atoms with Gasteiger partial charge in [-0.05, 0) is 51.6 Å². The van der Waals surface area contributed by atoms with Crippen LogP contribution in [-0.4, -0.2) is 30.3 Å². The Hall–Kier alpha value is -0.370. The van der Waals surface area contributed by atoms with Crippen molar-refractivity contribution in [2.45, 2.75) is 51.5 Å². The van der Waals surface area contributed by atoms with Gasteiger partial charge in [0.25, 0.3) is 0 Å². The molecule has 0 bridgehead atoms. The number of likely N-dealkylation sites (tertiary alicyclic amines) is 1. The van der Waals surface area contributed by atoms with Crippen molar-refractivity contribution in [3.63, 3.8) is 0 Å². The van der Waals surface area contributed by atoms with Crippen molar-refractivity contribution >= 4 is 6.29 Å².